The first-order valence-electron chi connectivity index (χ1n) is 12.2. The van der Waals surface area contributed by atoms with Crippen LogP contribution in [0.25, 0.3) is 54.7 Å². The average molecular weight is 568 g/mol. The van der Waals surface area contributed by atoms with Crippen molar-refractivity contribution in [3.63, 3.8) is 0 Å². The number of aromatic nitrogens is 7. The number of rotatable bonds is 7. The molecule has 6 aromatic rings. The van der Waals surface area contributed by atoms with Gasteiger partial charge in [0.05, 0.1) is 5.69 Å². The van der Waals surface area contributed by atoms with Gasteiger partial charge in [-0.2, -0.15) is 0 Å². The van der Waals surface area contributed by atoms with Crippen molar-refractivity contribution in [1.29, 1.82) is 0 Å². The monoisotopic (exact) mass is 567 g/mol. The largest absolute Gasteiger partial charge is 0.420 e. The second kappa shape index (κ2) is 11.1. The Bertz CT molecular complexity index is 1780. The Morgan fingerprint density at radius 1 is 0.975 bits per heavy atom. The van der Waals surface area contributed by atoms with Gasteiger partial charge in [0.15, 0.2) is 5.82 Å². The Labute approximate surface area is 236 Å². The molecule has 13 heteroatoms. The second-order valence-electron chi connectivity index (χ2n) is 8.40. The fourth-order valence-corrected chi connectivity index (χ4v) is 5.74. The van der Waals surface area contributed by atoms with Crippen LogP contribution in [-0.4, -0.2) is 47.7 Å². The predicted molar refractivity (Wildman–Crippen MR) is 154 cm³/mol. The lowest BCUT2D eigenvalue weighted by molar-refractivity contribution is 0.252. The van der Waals surface area contributed by atoms with E-state index in [0.717, 1.165) is 27.4 Å². The summed E-state index contributed by atoms with van der Waals surface area (Å²) in [6.07, 6.45) is 4.98. The number of aryl methyl sites for hydroxylation is 1. The van der Waals surface area contributed by atoms with Gasteiger partial charge in [0.2, 0.25) is 5.89 Å². The van der Waals surface area contributed by atoms with Crippen LogP contribution in [0.1, 0.15) is 12.8 Å². The van der Waals surface area contributed by atoms with E-state index in [1.165, 1.54) is 22.7 Å². The van der Waals surface area contributed by atoms with E-state index in [1.807, 2.05) is 42.6 Å². The molecule has 198 valence electrons. The highest BCUT2D eigenvalue weighted by Gasteiger charge is 2.24. The standard InChI is InChI=1S/C27H21N9O2S2/c1-3-28-27(37)33-20-12-17(25-32-19(14-39-25)16-8-5-4-6-9-16)18(13-31-20)26-34-21(23-29-10-7-11-30-23)22(40-26)24-36-35-15(2)38-24/h4-14H,3H2,1-2H3,(H2,28,31,33,37). The summed E-state index contributed by atoms with van der Waals surface area (Å²) < 4.78 is 5.75. The number of carbonyl (C=O) groups is 1. The summed E-state index contributed by atoms with van der Waals surface area (Å²) in [7, 11) is 0. The van der Waals surface area contributed by atoms with Gasteiger partial charge < -0.3 is 9.73 Å². The summed E-state index contributed by atoms with van der Waals surface area (Å²) >= 11 is 2.86. The molecule has 6 rings (SSSR count). The number of benzene rings is 1. The Morgan fingerprint density at radius 3 is 2.55 bits per heavy atom. The summed E-state index contributed by atoms with van der Waals surface area (Å²) in [6.45, 7) is 4.07. The zero-order valence-corrected chi connectivity index (χ0v) is 23.0. The third-order valence-electron chi connectivity index (χ3n) is 5.64. The maximum atomic E-state index is 12.2. The first-order valence-corrected chi connectivity index (χ1v) is 13.9. The number of urea groups is 1. The van der Waals surface area contributed by atoms with Gasteiger partial charge in [-0.25, -0.2) is 29.7 Å². The van der Waals surface area contributed by atoms with E-state index in [4.69, 9.17) is 14.4 Å². The maximum Gasteiger partial charge on any atom is 0.320 e. The first-order chi connectivity index (χ1) is 19.6. The van der Waals surface area contributed by atoms with Crippen LogP contribution in [0.3, 0.4) is 0 Å². The van der Waals surface area contributed by atoms with Gasteiger partial charge in [-0.05, 0) is 19.1 Å². The molecule has 1 aromatic carbocycles. The minimum absolute atomic E-state index is 0.327. The first kappa shape index (κ1) is 25.4. The van der Waals surface area contributed by atoms with Gasteiger partial charge in [0.25, 0.3) is 5.89 Å². The molecule has 0 saturated heterocycles. The lowest BCUT2D eigenvalue weighted by atomic mass is 10.1. The number of pyridine rings is 1. The minimum Gasteiger partial charge on any atom is -0.420 e. The molecule has 2 amide bonds. The highest BCUT2D eigenvalue weighted by Crippen LogP contribution is 2.43. The number of hydrogen-bond acceptors (Lipinski definition) is 11. The smallest absolute Gasteiger partial charge is 0.320 e. The Kier molecular flexibility index (Phi) is 7.04. The zero-order valence-electron chi connectivity index (χ0n) is 21.3. The van der Waals surface area contributed by atoms with Crippen LogP contribution in [0.5, 0.6) is 0 Å². The van der Waals surface area contributed by atoms with E-state index >= 15 is 0 Å². The molecule has 0 unspecified atom stereocenters. The van der Waals surface area contributed by atoms with Gasteiger partial charge in [0.1, 0.15) is 26.4 Å². The normalized spacial score (nSPS) is 10.9. The van der Waals surface area contributed by atoms with Crippen molar-refractivity contribution in [2.75, 3.05) is 11.9 Å². The van der Waals surface area contributed by atoms with Crippen molar-refractivity contribution in [2.24, 2.45) is 0 Å². The third kappa shape index (κ3) is 5.19. The van der Waals surface area contributed by atoms with Crippen LogP contribution >= 0.6 is 22.7 Å². The molecule has 2 N–H and O–H groups in total. The predicted octanol–water partition coefficient (Wildman–Crippen LogP) is 5.95. The molecule has 5 heterocycles. The van der Waals surface area contributed by atoms with Crippen molar-refractivity contribution in [3.05, 3.63) is 72.3 Å². The van der Waals surface area contributed by atoms with Gasteiger partial charge in [0, 0.05) is 54.1 Å². The third-order valence-corrected chi connectivity index (χ3v) is 7.59. The molecule has 0 atom stereocenters. The number of amides is 2. The highest BCUT2D eigenvalue weighted by atomic mass is 32.1. The molecular weight excluding hydrogens is 546 g/mol. The number of anilines is 1. The van der Waals surface area contributed by atoms with Crippen LogP contribution in [-0.2, 0) is 0 Å². The fraction of sp³-hybridized carbons (Fsp3) is 0.111. The topological polar surface area (TPSA) is 144 Å². The summed E-state index contributed by atoms with van der Waals surface area (Å²) in [4.78, 5) is 36.0. The Morgan fingerprint density at radius 2 is 1.80 bits per heavy atom. The van der Waals surface area contributed by atoms with Crippen LogP contribution in [0.2, 0.25) is 0 Å². The maximum absolute atomic E-state index is 12.2. The van der Waals surface area contributed by atoms with Crippen LogP contribution in [0.4, 0.5) is 10.6 Å². The molecule has 40 heavy (non-hydrogen) atoms. The lowest BCUT2D eigenvalue weighted by Gasteiger charge is -2.09. The summed E-state index contributed by atoms with van der Waals surface area (Å²) in [5.41, 5.74) is 3.86. The number of hydrogen-bond donors (Lipinski definition) is 2. The molecule has 0 bridgehead atoms. The van der Waals surface area contributed by atoms with Crippen LogP contribution < -0.4 is 10.6 Å². The number of carbonyl (C=O) groups excluding carboxylic acids is 1. The molecular formula is C27H21N9O2S2. The van der Waals surface area contributed by atoms with E-state index in [-0.39, 0.29) is 6.03 Å². The number of thiazole rings is 2. The summed E-state index contributed by atoms with van der Waals surface area (Å²) in [5, 5.41) is 17.1. The van der Waals surface area contributed by atoms with Crippen molar-refractivity contribution >= 4 is 34.5 Å². The van der Waals surface area contributed by atoms with Gasteiger partial charge in [-0.3, -0.25) is 5.32 Å². The molecule has 0 fully saturated rings. The summed E-state index contributed by atoms with van der Waals surface area (Å²) in [5.74, 6) is 1.58. The van der Waals surface area contributed by atoms with E-state index < -0.39 is 0 Å². The quantitative estimate of drug-likeness (QED) is 0.239. The van der Waals surface area contributed by atoms with Gasteiger partial charge in [-0.1, -0.05) is 30.3 Å². The van der Waals surface area contributed by atoms with Crippen LogP contribution in [0.15, 0.2) is 70.9 Å². The second-order valence-corrected chi connectivity index (χ2v) is 10.3. The molecule has 0 aliphatic carbocycles. The van der Waals surface area contributed by atoms with E-state index in [0.29, 0.717) is 45.5 Å². The Balaban J connectivity index is 1.50. The van der Waals surface area contributed by atoms with Crippen LogP contribution in [0, 0.1) is 6.92 Å². The van der Waals surface area contributed by atoms with E-state index in [1.54, 1.807) is 37.6 Å². The van der Waals surface area contributed by atoms with Gasteiger partial charge in [-0.15, -0.1) is 32.9 Å². The van der Waals surface area contributed by atoms with Crippen molar-refractivity contribution in [3.8, 4) is 54.7 Å². The minimum atomic E-state index is -0.343. The van der Waals surface area contributed by atoms with Crippen molar-refractivity contribution in [2.45, 2.75) is 13.8 Å². The van der Waals surface area contributed by atoms with E-state index in [9.17, 15) is 4.79 Å². The summed E-state index contributed by atoms with van der Waals surface area (Å²) in [6, 6.07) is 13.1. The molecule has 5 aromatic heterocycles. The highest BCUT2D eigenvalue weighted by molar-refractivity contribution is 7.19. The van der Waals surface area contributed by atoms with E-state index in [2.05, 4.69) is 35.8 Å². The molecule has 11 nitrogen and oxygen atoms in total. The van der Waals surface area contributed by atoms with Crippen molar-refractivity contribution < 1.29 is 9.21 Å². The SMILES string of the molecule is CCNC(=O)Nc1cc(-c2nc(-c3ccccc3)cs2)c(-c2nc(-c3ncccn3)c(-c3nnc(C)o3)s2)cn1. The average Bonchev–Trinajstić information content (AvgIpc) is 3.74. The Hall–Kier alpha value is -4.88. The zero-order chi connectivity index (χ0) is 27.5. The molecule has 0 saturated carbocycles. The fourth-order valence-electron chi connectivity index (χ4n) is 3.87. The lowest BCUT2D eigenvalue weighted by Crippen LogP contribution is -2.28. The molecule has 0 spiro atoms. The number of nitrogens with zero attached hydrogens (tertiary/aromatic N) is 7. The molecule has 0 radical (unpaired) electrons. The number of nitrogens with one attached hydrogen (secondary N) is 2. The van der Waals surface area contributed by atoms with Crippen molar-refractivity contribution in [1.82, 2.24) is 40.4 Å². The molecule has 0 aliphatic rings. The van der Waals surface area contributed by atoms with Gasteiger partial charge >= 0.3 is 6.03 Å². The molecule has 0 aliphatic heterocycles.